The average molecular weight is 426 g/mol. The van der Waals surface area contributed by atoms with Crippen molar-refractivity contribution in [2.45, 2.75) is 33.2 Å². The summed E-state index contributed by atoms with van der Waals surface area (Å²) in [6.45, 7) is 5.40. The van der Waals surface area contributed by atoms with Crippen LogP contribution in [-0.2, 0) is 11.3 Å². The molecule has 0 saturated carbocycles. The molecule has 0 aliphatic carbocycles. The fraction of sp³-hybridized carbons (Fsp3) is 0.417. The summed E-state index contributed by atoms with van der Waals surface area (Å²) in [5, 5.41) is 5.96. The van der Waals surface area contributed by atoms with Crippen molar-refractivity contribution >= 4 is 17.6 Å². The van der Waals surface area contributed by atoms with E-state index in [0.29, 0.717) is 36.8 Å². The molecule has 3 amide bonds. The molecule has 0 unspecified atom stereocenters. The highest BCUT2D eigenvalue weighted by molar-refractivity contribution is 5.92. The summed E-state index contributed by atoms with van der Waals surface area (Å²) in [6, 6.07) is 13.0. The van der Waals surface area contributed by atoms with Crippen LogP contribution < -0.4 is 20.1 Å². The molecule has 0 aromatic heterocycles. The van der Waals surface area contributed by atoms with Gasteiger partial charge in [-0.15, -0.1) is 0 Å². The Kier molecular flexibility index (Phi) is 7.05. The van der Waals surface area contributed by atoms with Gasteiger partial charge in [0.05, 0.1) is 25.3 Å². The number of aryl methyl sites for hydroxylation is 1. The summed E-state index contributed by atoms with van der Waals surface area (Å²) < 4.78 is 10.6. The van der Waals surface area contributed by atoms with Crippen LogP contribution >= 0.6 is 0 Å². The summed E-state index contributed by atoms with van der Waals surface area (Å²) in [4.78, 5) is 27.6. The average Bonchev–Trinajstić information content (AvgIpc) is 2.78. The third kappa shape index (κ3) is 5.29. The van der Waals surface area contributed by atoms with Crippen LogP contribution in [0.5, 0.6) is 11.5 Å². The number of ether oxygens (including phenoxy) is 2. The summed E-state index contributed by atoms with van der Waals surface area (Å²) >= 11 is 0. The lowest BCUT2D eigenvalue weighted by Crippen LogP contribution is -2.52. The number of rotatable bonds is 6. The van der Waals surface area contributed by atoms with Gasteiger partial charge in [-0.3, -0.25) is 4.79 Å². The first-order chi connectivity index (χ1) is 14.9. The lowest BCUT2D eigenvalue weighted by molar-refractivity contribution is -0.132. The van der Waals surface area contributed by atoms with Crippen LogP contribution in [-0.4, -0.2) is 44.1 Å². The molecule has 3 rings (SSSR count). The largest absolute Gasteiger partial charge is 0.497 e. The van der Waals surface area contributed by atoms with Crippen LogP contribution in [0, 0.1) is 12.3 Å². The van der Waals surface area contributed by atoms with Gasteiger partial charge >= 0.3 is 6.03 Å². The number of hydrogen-bond donors (Lipinski definition) is 2. The molecule has 0 radical (unpaired) electrons. The van der Waals surface area contributed by atoms with Crippen molar-refractivity contribution < 1.29 is 19.1 Å². The number of likely N-dealkylation sites (tertiary alicyclic amines) is 1. The number of amides is 3. The second kappa shape index (κ2) is 9.73. The third-order valence-corrected chi connectivity index (χ3v) is 5.88. The Balaban J connectivity index is 1.64. The zero-order valence-electron chi connectivity index (χ0n) is 18.7. The van der Waals surface area contributed by atoms with E-state index in [0.717, 1.165) is 24.0 Å². The molecule has 166 valence electrons. The van der Waals surface area contributed by atoms with Gasteiger partial charge in [-0.25, -0.2) is 4.79 Å². The lowest BCUT2D eigenvalue weighted by atomic mass is 9.81. The van der Waals surface area contributed by atoms with Crippen molar-refractivity contribution in [3.8, 4) is 11.5 Å². The second-order valence-electron chi connectivity index (χ2n) is 8.19. The van der Waals surface area contributed by atoms with Gasteiger partial charge in [-0.1, -0.05) is 24.3 Å². The standard InChI is InChI=1S/C24H31N3O4/c1-17-8-5-6-9-18(17)15-25-22(28)24(2)12-7-13-27(16-24)23(29)26-20-11-10-19(30-3)14-21(20)31-4/h5-6,8-11,14H,7,12-13,15-16H2,1-4H3,(H,25,28)(H,26,29)/t24-/m1/s1. The molecule has 2 aromatic rings. The second-order valence-corrected chi connectivity index (χ2v) is 8.19. The topological polar surface area (TPSA) is 79.9 Å². The summed E-state index contributed by atoms with van der Waals surface area (Å²) in [7, 11) is 3.12. The quantitative estimate of drug-likeness (QED) is 0.734. The molecule has 1 heterocycles. The smallest absolute Gasteiger partial charge is 0.321 e. The maximum absolute atomic E-state index is 13.0. The van der Waals surface area contributed by atoms with Gasteiger partial charge < -0.3 is 25.0 Å². The fourth-order valence-corrected chi connectivity index (χ4v) is 3.89. The zero-order valence-corrected chi connectivity index (χ0v) is 18.7. The maximum atomic E-state index is 13.0. The van der Waals surface area contributed by atoms with Gasteiger partial charge in [0, 0.05) is 25.7 Å². The van der Waals surface area contributed by atoms with E-state index in [1.807, 2.05) is 38.1 Å². The monoisotopic (exact) mass is 425 g/mol. The van der Waals surface area contributed by atoms with Crippen molar-refractivity contribution in [3.05, 3.63) is 53.6 Å². The summed E-state index contributed by atoms with van der Waals surface area (Å²) in [6.07, 6.45) is 1.50. The van der Waals surface area contributed by atoms with Gasteiger partial charge in [0.1, 0.15) is 11.5 Å². The Morgan fingerprint density at radius 2 is 1.90 bits per heavy atom. The molecule has 2 N–H and O–H groups in total. The minimum atomic E-state index is -0.637. The fourth-order valence-electron chi connectivity index (χ4n) is 3.89. The number of nitrogens with one attached hydrogen (secondary N) is 2. The first-order valence-corrected chi connectivity index (χ1v) is 10.5. The molecule has 7 nitrogen and oxygen atoms in total. The van der Waals surface area contributed by atoms with Crippen LogP contribution in [0.4, 0.5) is 10.5 Å². The van der Waals surface area contributed by atoms with Crippen LogP contribution in [0.2, 0.25) is 0 Å². The Bertz CT molecular complexity index is 946. The van der Waals surface area contributed by atoms with Gasteiger partial charge in [-0.2, -0.15) is 0 Å². The first-order valence-electron chi connectivity index (χ1n) is 10.5. The molecule has 1 aliphatic heterocycles. The van der Waals surface area contributed by atoms with E-state index in [1.54, 1.807) is 37.3 Å². The van der Waals surface area contributed by atoms with Gasteiger partial charge in [-0.05, 0) is 49.9 Å². The highest BCUT2D eigenvalue weighted by atomic mass is 16.5. The van der Waals surface area contributed by atoms with Crippen LogP contribution in [0.15, 0.2) is 42.5 Å². The van der Waals surface area contributed by atoms with E-state index in [9.17, 15) is 9.59 Å². The minimum absolute atomic E-state index is 0.0321. The predicted octanol–water partition coefficient (Wildman–Crippen LogP) is 3.96. The van der Waals surface area contributed by atoms with Crippen molar-refractivity contribution in [2.75, 3.05) is 32.6 Å². The van der Waals surface area contributed by atoms with Crippen molar-refractivity contribution in [1.29, 1.82) is 0 Å². The van der Waals surface area contributed by atoms with E-state index < -0.39 is 5.41 Å². The number of anilines is 1. The minimum Gasteiger partial charge on any atom is -0.497 e. The Morgan fingerprint density at radius 3 is 2.61 bits per heavy atom. The highest BCUT2D eigenvalue weighted by Gasteiger charge is 2.39. The number of urea groups is 1. The Morgan fingerprint density at radius 1 is 1.13 bits per heavy atom. The SMILES string of the molecule is COc1ccc(NC(=O)N2CCC[C@@](C)(C(=O)NCc3ccccc3C)C2)c(OC)c1. The van der Waals surface area contributed by atoms with Crippen molar-refractivity contribution in [2.24, 2.45) is 5.41 Å². The van der Waals surface area contributed by atoms with E-state index in [4.69, 9.17) is 9.47 Å². The molecule has 1 saturated heterocycles. The molecule has 0 bridgehead atoms. The van der Waals surface area contributed by atoms with E-state index in [-0.39, 0.29) is 11.9 Å². The van der Waals surface area contributed by atoms with Crippen LogP contribution in [0.3, 0.4) is 0 Å². The van der Waals surface area contributed by atoms with Crippen LogP contribution in [0.1, 0.15) is 30.9 Å². The van der Waals surface area contributed by atoms with E-state index in [1.165, 1.54) is 0 Å². The van der Waals surface area contributed by atoms with E-state index in [2.05, 4.69) is 10.6 Å². The number of hydrogen-bond acceptors (Lipinski definition) is 4. The molecule has 0 spiro atoms. The summed E-state index contributed by atoms with van der Waals surface area (Å²) in [5.41, 5.74) is 2.16. The number of carbonyl (C=O) groups excluding carboxylic acids is 2. The van der Waals surface area contributed by atoms with E-state index >= 15 is 0 Å². The van der Waals surface area contributed by atoms with Gasteiger partial charge in [0.15, 0.2) is 0 Å². The number of carbonyl (C=O) groups is 2. The number of piperidine rings is 1. The molecule has 1 atom stereocenters. The van der Waals surface area contributed by atoms with Crippen molar-refractivity contribution in [1.82, 2.24) is 10.2 Å². The lowest BCUT2D eigenvalue weighted by Gasteiger charge is -2.39. The number of methoxy groups -OCH3 is 2. The Hall–Kier alpha value is -3.22. The normalized spacial score (nSPS) is 18.3. The van der Waals surface area contributed by atoms with Gasteiger partial charge in [0.25, 0.3) is 0 Å². The molecular weight excluding hydrogens is 394 g/mol. The molecule has 1 aliphatic rings. The maximum Gasteiger partial charge on any atom is 0.321 e. The Labute approximate surface area is 183 Å². The highest BCUT2D eigenvalue weighted by Crippen LogP contribution is 2.32. The van der Waals surface area contributed by atoms with Gasteiger partial charge in [0.2, 0.25) is 5.91 Å². The molecule has 2 aromatic carbocycles. The third-order valence-electron chi connectivity index (χ3n) is 5.88. The molecule has 7 heteroatoms. The first kappa shape index (κ1) is 22.5. The van der Waals surface area contributed by atoms with Crippen molar-refractivity contribution in [3.63, 3.8) is 0 Å². The molecule has 31 heavy (non-hydrogen) atoms. The predicted molar refractivity (Wildman–Crippen MR) is 121 cm³/mol. The number of benzene rings is 2. The molecule has 1 fully saturated rings. The summed E-state index contributed by atoms with van der Waals surface area (Å²) in [5.74, 6) is 1.13. The number of nitrogens with zero attached hydrogens (tertiary/aromatic N) is 1. The molecular formula is C24H31N3O4. The van der Waals surface area contributed by atoms with Crippen LogP contribution in [0.25, 0.3) is 0 Å². The zero-order chi connectivity index (χ0) is 22.4.